The highest BCUT2D eigenvalue weighted by molar-refractivity contribution is 5.75. The Bertz CT molecular complexity index is 353. The van der Waals surface area contributed by atoms with E-state index in [9.17, 15) is 0 Å². The maximum atomic E-state index is 8.63. The van der Waals surface area contributed by atoms with Gasteiger partial charge >= 0.3 is 0 Å². The van der Waals surface area contributed by atoms with Crippen LogP contribution in [-0.4, -0.2) is 20.3 Å². The molecule has 1 heterocycles. The molecule has 0 unspecified atom stereocenters. The number of nitrogens with zero attached hydrogens (tertiary/aromatic N) is 3. The summed E-state index contributed by atoms with van der Waals surface area (Å²) in [6.45, 7) is 1.27. The Morgan fingerprint density at radius 1 is 1.38 bits per heavy atom. The Morgan fingerprint density at radius 2 is 2.08 bits per heavy atom. The number of hydrogen-bond donors (Lipinski definition) is 0. The topological polar surface area (TPSA) is 30.3 Å². The van der Waals surface area contributed by atoms with Gasteiger partial charge < -0.3 is 9.80 Å². The van der Waals surface area contributed by atoms with Gasteiger partial charge in [-0.3, -0.25) is 0 Å². The molecule has 1 aliphatic rings. The van der Waals surface area contributed by atoms with E-state index in [2.05, 4.69) is 28.0 Å². The lowest BCUT2D eigenvalue weighted by Gasteiger charge is -2.14. The molecule has 3 heteroatoms. The molecule has 3 nitrogen and oxygen atoms in total. The van der Waals surface area contributed by atoms with E-state index in [-0.39, 0.29) is 0 Å². The second kappa shape index (κ2) is 2.98. The number of hydrogen-bond acceptors (Lipinski definition) is 3. The fourth-order valence-corrected chi connectivity index (χ4v) is 1.68. The van der Waals surface area contributed by atoms with Gasteiger partial charge in [-0.25, -0.2) is 0 Å². The van der Waals surface area contributed by atoms with Crippen molar-refractivity contribution in [2.45, 2.75) is 0 Å². The van der Waals surface area contributed by atoms with E-state index in [1.807, 2.05) is 19.2 Å². The summed E-state index contributed by atoms with van der Waals surface area (Å²) in [5, 5.41) is 8.63. The highest BCUT2D eigenvalue weighted by atomic mass is 15.4. The second-order valence-electron chi connectivity index (χ2n) is 3.18. The lowest BCUT2D eigenvalue weighted by atomic mass is 10.2. The molecule has 0 spiro atoms. The highest BCUT2D eigenvalue weighted by Crippen LogP contribution is 2.33. The van der Waals surface area contributed by atoms with E-state index in [4.69, 9.17) is 5.26 Å². The number of para-hydroxylation sites is 2. The van der Waals surface area contributed by atoms with Crippen LogP contribution in [0.2, 0.25) is 0 Å². The van der Waals surface area contributed by atoms with Crippen molar-refractivity contribution < 1.29 is 0 Å². The summed E-state index contributed by atoms with van der Waals surface area (Å²) in [5.74, 6) is 0. The van der Waals surface area contributed by atoms with E-state index < -0.39 is 0 Å². The van der Waals surface area contributed by atoms with Gasteiger partial charge in [-0.1, -0.05) is 12.1 Å². The molecule has 66 valence electrons. The molecule has 1 aliphatic heterocycles. The summed E-state index contributed by atoms with van der Waals surface area (Å²) in [6, 6.07) is 10.3. The van der Waals surface area contributed by atoms with Crippen LogP contribution in [-0.2, 0) is 0 Å². The van der Waals surface area contributed by atoms with Crippen molar-refractivity contribution in [3.05, 3.63) is 24.3 Å². The lowest BCUT2D eigenvalue weighted by molar-refractivity contribution is 0.878. The van der Waals surface area contributed by atoms with Crippen LogP contribution in [0.1, 0.15) is 0 Å². The third-order valence-electron chi connectivity index (χ3n) is 2.28. The normalized spacial score (nSPS) is 14.2. The van der Waals surface area contributed by atoms with Crippen molar-refractivity contribution in [1.29, 1.82) is 5.26 Å². The maximum absolute atomic E-state index is 8.63. The quantitative estimate of drug-likeness (QED) is 0.602. The average molecular weight is 173 g/mol. The van der Waals surface area contributed by atoms with Crippen LogP contribution >= 0.6 is 0 Å². The van der Waals surface area contributed by atoms with Crippen LogP contribution in [0.5, 0.6) is 0 Å². The van der Waals surface area contributed by atoms with Crippen molar-refractivity contribution in [3.8, 4) is 6.07 Å². The molecule has 0 saturated carbocycles. The first kappa shape index (κ1) is 7.93. The van der Waals surface area contributed by atoms with Gasteiger partial charge in [-0.15, -0.1) is 0 Å². The summed E-state index contributed by atoms with van der Waals surface area (Å²) in [6.07, 6.45) is 0. The summed E-state index contributed by atoms with van der Waals surface area (Å²) >= 11 is 0. The molecule has 0 amide bonds. The van der Waals surface area contributed by atoms with Crippen LogP contribution < -0.4 is 9.80 Å². The van der Waals surface area contributed by atoms with Gasteiger partial charge in [-0.2, -0.15) is 5.26 Å². The molecule has 1 aromatic rings. The number of nitriles is 1. The highest BCUT2D eigenvalue weighted by Gasteiger charge is 2.21. The predicted molar refractivity (Wildman–Crippen MR) is 52.7 cm³/mol. The van der Waals surface area contributed by atoms with E-state index in [0.29, 0.717) is 6.54 Å². The van der Waals surface area contributed by atoms with Gasteiger partial charge in [-0.05, 0) is 12.1 Å². The van der Waals surface area contributed by atoms with Crippen molar-refractivity contribution in [2.24, 2.45) is 0 Å². The molecule has 2 rings (SSSR count). The van der Waals surface area contributed by atoms with E-state index in [0.717, 1.165) is 12.4 Å². The zero-order chi connectivity index (χ0) is 9.26. The van der Waals surface area contributed by atoms with Gasteiger partial charge in [0.2, 0.25) is 0 Å². The van der Waals surface area contributed by atoms with E-state index in [1.165, 1.54) is 5.69 Å². The van der Waals surface area contributed by atoms with Gasteiger partial charge in [0.25, 0.3) is 0 Å². The maximum Gasteiger partial charge on any atom is 0.107 e. The lowest BCUT2D eigenvalue weighted by Crippen LogP contribution is -2.28. The van der Waals surface area contributed by atoms with Gasteiger partial charge in [0, 0.05) is 7.05 Å². The molecule has 0 atom stereocenters. The zero-order valence-corrected chi connectivity index (χ0v) is 7.57. The van der Waals surface area contributed by atoms with Crippen LogP contribution in [0, 0.1) is 11.3 Å². The van der Waals surface area contributed by atoms with Gasteiger partial charge in [0.15, 0.2) is 0 Å². The van der Waals surface area contributed by atoms with Crippen LogP contribution in [0.15, 0.2) is 24.3 Å². The fourth-order valence-electron chi connectivity index (χ4n) is 1.68. The third kappa shape index (κ3) is 1.20. The first-order valence-electron chi connectivity index (χ1n) is 4.25. The second-order valence-corrected chi connectivity index (χ2v) is 3.18. The van der Waals surface area contributed by atoms with Gasteiger partial charge in [0.05, 0.1) is 24.1 Å². The molecule has 0 fully saturated rings. The first-order valence-corrected chi connectivity index (χ1v) is 4.25. The van der Waals surface area contributed by atoms with Crippen LogP contribution in [0.3, 0.4) is 0 Å². The minimum absolute atomic E-state index is 0.460. The molecule has 0 aromatic heterocycles. The SMILES string of the molecule is CN1CN(CC#N)c2ccccc21. The molecule has 0 aliphatic carbocycles. The average Bonchev–Trinajstić information content (AvgIpc) is 2.46. The molecule has 0 N–H and O–H groups in total. The van der Waals surface area contributed by atoms with Crippen molar-refractivity contribution in [2.75, 3.05) is 30.1 Å². The standard InChI is InChI=1S/C10H11N3/c1-12-8-13(7-6-11)10-5-3-2-4-9(10)12/h2-5H,7-8H2,1H3. The summed E-state index contributed by atoms with van der Waals surface area (Å²) < 4.78 is 0. The van der Waals surface area contributed by atoms with Crippen LogP contribution in [0.4, 0.5) is 11.4 Å². The molecule has 0 saturated heterocycles. The Hall–Kier alpha value is -1.69. The molecular weight excluding hydrogens is 162 g/mol. The first-order chi connectivity index (χ1) is 6.33. The molecule has 13 heavy (non-hydrogen) atoms. The van der Waals surface area contributed by atoms with Crippen LogP contribution in [0.25, 0.3) is 0 Å². The Balaban J connectivity index is 2.37. The molecule has 1 aromatic carbocycles. The van der Waals surface area contributed by atoms with Gasteiger partial charge in [0.1, 0.15) is 6.54 Å². The van der Waals surface area contributed by atoms with Crippen molar-refractivity contribution in [3.63, 3.8) is 0 Å². The third-order valence-corrected chi connectivity index (χ3v) is 2.28. The number of benzene rings is 1. The summed E-state index contributed by atoms with van der Waals surface area (Å²) in [4.78, 5) is 4.21. The minimum atomic E-state index is 0.460. The Kier molecular flexibility index (Phi) is 1.82. The monoisotopic (exact) mass is 173 g/mol. The number of anilines is 2. The Morgan fingerprint density at radius 3 is 2.77 bits per heavy atom. The molecular formula is C10H11N3. The smallest absolute Gasteiger partial charge is 0.107 e. The zero-order valence-electron chi connectivity index (χ0n) is 7.57. The molecule has 0 radical (unpaired) electrons. The minimum Gasteiger partial charge on any atom is -0.355 e. The van der Waals surface area contributed by atoms with Crippen molar-refractivity contribution in [1.82, 2.24) is 0 Å². The summed E-state index contributed by atoms with van der Waals surface area (Å²) in [7, 11) is 2.04. The summed E-state index contributed by atoms with van der Waals surface area (Å²) in [5.41, 5.74) is 2.37. The predicted octanol–water partition coefficient (Wildman–Crippen LogP) is 1.42. The van der Waals surface area contributed by atoms with E-state index in [1.54, 1.807) is 0 Å². The largest absolute Gasteiger partial charge is 0.355 e. The number of fused-ring (bicyclic) bond motifs is 1. The molecule has 0 bridgehead atoms. The van der Waals surface area contributed by atoms with Crippen molar-refractivity contribution >= 4 is 11.4 Å². The van der Waals surface area contributed by atoms with E-state index >= 15 is 0 Å². The fraction of sp³-hybridized carbons (Fsp3) is 0.300. The number of rotatable bonds is 1. The Labute approximate surface area is 77.8 Å².